The van der Waals surface area contributed by atoms with Crippen LogP contribution in [-0.2, 0) is 0 Å². The number of thiazole rings is 1. The minimum atomic E-state index is -2.89. The fraction of sp³-hybridized carbons (Fsp3) is 0.125. The van der Waals surface area contributed by atoms with Crippen molar-refractivity contribution in [2.75, 3.05) is 5.32 Å². The van der Waals surface area contributed by atoms with E-state index in [4.69, 9.17) is 0 Å². The molecule has 1 N–H and O–H groups in total. The molecular formula is C24H18F2N6O2S. The average Bonchev–Trinajstić information content (AvgIpc) is 3.41. The second-order valence-corrected chi connectivity index (χ2v) is 8.80. The van der Waals surface area contributed by atoms with Gasteiger partial charge in [0.25, 0.3) is 5.91 Å². The molecule has 0 atom stereocenters. The van der Waals surface area contributed by atoms with Gasteiger partial charge in [-0.2, -0.15) is 8.78 Å². The van der Waals surface area contributed by atoms with Gasteiger partial charge in [0.15, 0.2) is 10.8 Å². The smallest absolute Gasteiger partial charge is 0.387 e. The molecule has 5 aromatic rings. The Hall–Kier alpha value is -4.25. The lowest BCUT2D eigenvalue weighted by Crippen LogP contribution is -2.14. The van der Waals surface area contributed by atoms with Crippen molar-refractivity contribution in [1.29, 1.82) is 0 Å². The van der Waals surface area contributed by atoms with E-state index in [0.29, 0.717) is 22.1 Å². The Labute approximate surface area is 202 Å². The van der Waals surface area contributed by atoms with E-state index < -0.39 is 12.5 Å². The number of fused-ring (bicyclic) bond motifs is 1. The van der Waals surface area contributed by atoms with E-state index in [-0.39, 0.29) is 11.4 Å². The molecule has 8 nitrogen and oxygen atoms in total. The molecule has 0 bridgehead atoms. The molecule has 0 aliphatic carbocycles. The predicted octanol–water partition coefficient (Wildman–Crippen LogP) is 5.41. The molecule has 3 aromatic heterocycles. The molecule has 5 rings (SSSR count). The summed E-state index contributed by atoms with van der Waals surface area (Å²) in [5, 5.41) is 12.4. The van der Waals surface area contributed by atoms with Crippen LogP contribution in [0.1, 0.15) is 21.1 Å². The molecule has 0 saturated heterocycles. The number of amides is 1. The van der Waals surface area contributed by atoms with Crippen LogP contribution in [0, 0.1) is 13.8 Å². The summed E-state index contributed by atoms with van der Waals surface area (Å²) < 4.78 is 30.7. The van der Waals surface area contributed by atoms with Crippen LogP contribution < -0.4 is 10.1 Å². The number of carbonyl (C=O) groups excluding carboxylic acids is 1. The third-order valence-electron chi connectivity index (χ3n) is 5.31. The Balaban J connectivity index is 1.35. The zero-order valence-corrected chi connectivity index (χ0v) is 19.4. The minimum Gasteiger partial charge on any atom is -0.435 e. The number of pyridine rings is 1. The van der Waals surface area contributed by atoms with Crippen molar-refractivity contribution in [3.63, 3.8) is 0 Å². The summed E-state index contributed by atoms with van der Waals surface area (Å²) in [4.78, 5) is 22.6. The van der Waals surface area contributed by atoms with E-state index in [1.54, 1.807) is 29.9 Å². The van der Waals surface area contributed by atoms with Crippen LogP contribution in [0.5, 0.6) is 5.75 Å². The van der Waals surface area contributed by atoms with Crippen molar-refractivity contribution in [3.8, 4) is 22.7 Å². The number of ether oxygens (including phenoxy) is 1. The van der Waals surface area contributed by atoms with Crippen LogP contribution in [0.15, 0.2) is 60.8 Å². The molecule has 0 unspecified atom stereocenters. The van der Waals surface area contributed by atoms with Crippen molar-refractivity contribution >= 4 is 33.3 Å². The molecule has 0 spiro atoms. The lowest BCUT2D eigenvalue weighted by Gasteiger charge is -2.05. The van der Waals surface area contributed by atoms with E-state index in [2.05, 4.69) is 30.3 Å². The molecule has 2 aromatic carbocycles. The lowest BCUT2D eigenvalue weighted by atomic mass is 10.1. The summed E-state index contributed by atoms with van der Waals surface area (Å²) in [5.74, 6) is -0.372. The van der Waals surface area contributed by atoms with Crippen LogP contribution in [0.2, 0.25) is 0 Å². The maximum atomic E-state index is 12.9. The van der Waals surface area contributed by atoms with E-state index in [1.165, 1.54) is 23.5 Å². The summed E-state index contributed by atoms with van der Waals surface area (Å²) in [6, 6.07) is 15.7. The van der Waals surface area contributed by atoms with Crippen LogP contribution in [-0.4, -0.2) is 37.5 Å². The molecule has 0 saturated carbocycles. The molecule has 0 fully saturated rings. The van der Waals surface area contributed by atoms with Gasteiger partial charge in [0.2, 0.25) is 0 Å². The van der Waals surface area contributed by atoms with Gasteiger partial charge in [-0.1, -0.05) is 11.3 Å². The van der Waals surface area contributed by atoms with Crippen molar-refractivity contribution < 1.29 is 18.3 Å². The Morgan fingerprint density at radius 3 is 2.69 bits per heavy atom. The molecule has 0 aliphatic rings. The molecule has 0 aliphatic heterocycles. The van der Waals surface area contributed by atoms with Gasteiger partial charge in [-0.25, -0.2) is 9.67 Å². The van der Waals surface area contributed by atoms with Gasteiger partial charge in [0.05, 0.1) is 22.6 Å². The van der Waals surface area contributed by atoms with Gasteiger partial charge < -0.3 is 4.74 Å². The number of nitrogens with zero attached hydrogens (tertiary/aromatic N) is 5. The Morgan fingerprint density at radius 2 is 1.91 bits per heavy atom. The molecule has 1 amide bonds. The van der Waals surface area contributed by atoms with Crippen LogP contribution in [0.4, 0.5) is 13.9 Å². The quantitative estimate of drug-likeness (QED) is 0.341. The summed E-state index contributed by atoms with van der Waals surface area (Å²) in [6.07, 6.45) is 1.73. The number of aromatic nitrogens is 5. The highest BCUT2D eigenvalue weighted by Gasteiger charge is 2.20. The highest BCUT2D eigenvalue weighted by molar-refractivity contribution is 7.16. The fourth-order valence-corrected chi connectivity index (χ4v) is 4.48. The number of anilines is 1. The first-order valence-corrected chi connectivity index (χ1v) is 11.3. The first kappa shape index (κ1) is 22.5. The number of hydrogen-bond acceptors (Lipinski definition) is 7. The second kappa shape index (κ2) is 9.18. The van der Waals surface area contributed by atoms with E-state index in [1.807, 2.05) is 37.3 Å². The van der Waals surface area contributed by atoms with Gasteiger partial charge in [-0.3, -0.25) is 15.1 Å². The fourth-order valence-electron chi connectivity index (χ4n) is 3.65. The zero-order valence-electron chi connectivity index (χ0n) is 18.6. The molecular weight excluding hydrogens is 474 g/mol. The SMILES string of the molecule is Cc1sc(NC(=O)c2nnn(-c3ccc4ncccc4c3)c2C)nc1-c1ccc(OC(F)F)cc1. The first-order chi connectivity index (χ1) is 16.9. The van der Waals surface area contributed by atoms with Crippen molar-refractivity contribution in [2.45, 2.75) is 20.5 Å². The highest BCUT2D eigenvalue weighted by atomic mass is 32.1. The number of benzene rings is 2. The molecule has 35 heavy (non-hydrogen) atoms. The summed E-state index contributed by atoms with van der Waals surface area (Å²) >= 11 is 1.30. The van der Waals surface area contributed by atoms with Crippen molar-refractivity contribution in [1.82, 2.24) is 25.0 Å². The van der Waals surface area contributed by atoms with Crippen molar-refractivity contribution in [3.05, 3.63) is 77.1 Å². The second-order valence-electron chi connectivity index (χ2n) is 7.60. The number of hydrogen-bond donors (Lipinski definition) is 1. The van der Waals surface area contributed by atoms with Crippen LogP contribution in [0.25, 0.3) is 27.8 Å². The van der Waals surface area contributed by atoms with Crippen LogP contribution >= 0.6 is 11.3 Å². The van der Waals surface area contributed by atoms with E-state index in [0.717, 1.165) is 21.5 Å². The normalized spacial score (nSPS) is 11.2. The lowest BCUT2D eigenvalue weighted by molar-refractivity contribution is -0.0498. The van der Waals surface area contributed by atoms with Gasteiger partial charge >= 0.3 is 6.61 Å². The predicted molar refractivity (Wildman–Crippen MR) is 128 cm³/mol. The number of alkyl halides is 2. The number of rotatable bonds is 6. The molecule has 11 heteroatoms. The third kappa shape index (κ3) is 4.58. The standard InChI is InChI=1S/C24H18F2N6O2S/c1-13-20(30-31-32(13)17-7-10-19-16(12-17)4-3-11-27-19)22(33)29-24-28-21(14(2)35-24)15-5-8-18(9-6-15)34-23(25)26/h3-12,23H,1-2H3,(H,28,29,33). The average molecular weight is 493 g/mol. The minimum absolute atomic E-state index is 0.0615. The van der Waals surface area contributed by atoms with E-state index >= 15 is 0 Å². The Morgan fingerprint density at radius 1 is 1.11 bits per heavy atom. The number of carbonyl (C=O) groups is 1. The first-order valence-electron chi connectivity index (χ1n) is 10.5. The Kier molecular flexibility index (Phi) is 5.91. The highest BCUT2D eigenvalue weighted by Crippen LogP contribution is 2.32. The molecule has 0 radical (unpaired) electrons. The molecule has 3 heterocycles. The summed E-state index contributed by atoms with van der Waals surface area (Å²) in [7, 11) is 0. The van der Waals surface area contributed by atoms with Gasteiger partial charge in [-0.05, 0) is 62.4 Å². The number of nitrogens with one attached hydrogen (secondary N) is 1. The number of aryl methyl sites for hydroxylation is 1. The maximum Gasteiger partial charge on any atom is 0.387 e. The zero-order chi connectivity index (χ0) is 24.5. The van der Waals surface area contributed by atoms with E-state index in [9.17, 15) is 13.6 Å². The third-order valence-corrected chi connectivity index (χ3v) is 6.20. The molecule has 176 valence electrons. The van der Waals surface area contributed by atoms with Gasteiger partial charge in [-0.15, -0.1) is 16.4 Å². The number of halogens is 2. The largest absolute Gasteiger partial charge is 0.435 e. The monoisotopic (exact) mass is 492 g/mol. The van der Waals surface area contributed by atoms with Gasteiger partial charge in [0.1, 0.15) is 5.75 Å². The Bertz CT molecular complexity index is 1530. The van der Waals surface area contributed by atoms with Crippen LogP contribution in [0.3, 0.4) is 0 Å². The topological polar surface area (TPSA) is 94.8 Å². The summed E-state index contributed by atoms with van der Waals surface area (Å²) in [5.41, 5.74) is 3.74. The maximum absolute atomic E-state index is 12.9. The summed E-state index contributed by atoms with van der Waals surface area (Å²) in [6.45, 7) is 0.745. The van der Waals surface area contributed by atoms with Crippen molar-refractivity contribution in [2.24, 2.45) is 0 Å². The van der Waals surface area contributed by atoms with Gasteiger partial charge in [0, 0.05) is 22.0 Å².